The van der Waals surface area contributed by atoms with Crippen LogP contribution in [0.5, 0.6) is 0 Å². The van der Waals surface area contributed by atoms with Crippen LogP contribution in [0.1, 0.15) is 171 Å². The van der Waals surface area contributed by atoms with Crippen LogP contribution >= 0.6 is 0 Å². The van der Waals surface area contributed by atoms with Crippen molar-refractivity contribution in [3.63, 3.8) is 0 Å². The molecule has 0 amide bonds. The van der Waals surface area contributed by atoms with Crippen molar-refractivity contribution in [3.8, 4) is 46.6 Å². The van der Waals surface area contributed by atoms with Gasteiger partial charge in [0.05, 0.1) is 26.4 Å². The van der Waals surface area contributed by atoms with Gasteiger partial charge in [0, 0.05) is 44.5 Å². The first kappa shape index (κ1) is 51.4. The highest BCUT2D eigenvalue weighted by atomic mass is 28.3. The quantitative estimate of drug-likeness (QED) is 0.195. The number of hydrogen-bond acceptors (Lipinski definition) is 4. The second-order valence-electron chi connectivity index (χ2n) is 22.2. The van der Waals surface area contributed by atoms with Crippen LogP contribution in [0.15, 0.2) is 58.7 Å². The summed E-state index contributed by atoms with van der Waals surface area (Å²) in [6.45, 7) is 44.4. The van der Waals surface area contributed by atoms with Gasteiger partial charge < -0.3 is 18.9 Å². The van der Waals surface area contributed by atoms with E-state index in [2.05, 4.69) is 208 Å². The second kappa shape index (κ2) is 20.9. The molecule has 1 aliphatic carbocycles. The summed E-state index contributed by atoms with van der Waals surface area (Å²) in [6, 6.07) is 13.3. The van der Waals surface area contributed by atoms with Crippen LogP contribution in [0.4, 0.5) is 0 Å². The van der Waals surface area contributed by atoms with Gasteiger partial charge in [-0.3, -0.25) is 0 Å². The SMILES string of the molecule is CC(C)[Si](C#Cc1cc(C(C)(C)C)ccc1C#CC1=C(C#Cc2ccc(C(C)(C)C)cc2C#C[Si](C(C)C)(C(C)C)C(C)C)C(C2OCCCO2)=C1C1OCCCO1)(C(C)C)C(C)C. The highest BCUT2D eigenvalue weighted by molar-refractivity contribution is 6.91. The van der Waals surface area contributed by atoms with E-state index in [1.54, 1.807) is 0 Å². The monoisotopic (exact) mass is 897 g/mol. The number of ether oxygens (including phenoxy) is 4. The summed E-state index contributed by atoms with van der Waals surface area (Å²) in [7, 11) is -4.04. The normalized spacial score (nSPS) is 17.0. The third-order valence-electron chi connectivity index (χ3n) is 14.2. The molecule has 5 rings (SSSR count). The standard InChI is InChI=1S/C58H80O4Si2/c1-39(2)63(40(3)4,41(5)6)35-29-47-37-49(57(13,14)15)25-21-45(47)23-27-51-52(54(56-61-33-20-34-62-56)53(51)55-59-31-19-32-60-55)28-24-46-22-26-50(58(16,17)18)38-48(46)30-36-64(42(7)8,43(9)10)44(11)12/h21-22,25-26,37-44,55-56H,19-20,31-34H2,1-18H3. The lowest BCUT2D eigenvalue weighted by Gasteiger charge is -2.38. The lowest BCUT2D eigenvalue weighted by atomic mass is 9.79. The highest BCUT2D eigenvalue weighted by Gasteiger charge is 2.44. The van der Waals surface area contributed by atoms with Gasteiger partial charge >= 0.3 is 0 Å². The molecule has 0 aromatic heterocycles. The Kier molecular flexibility index (Phi) is 16.8. The van der Waals surface area contributed by atoms with Crippen LogP contribution in [0, 0.1) is 46.6 Å². The van der Waals surface area contributed by atoms with Crippen LogP contribution in [-0.2, 0) is 29.8 Å². The maximum Gasteiger partial charge on any atom is 0.185 e. The smallest absolute Gasteiger partial charge is 0.185 e. The minimum atomic E-state index is -2.02. The Labute approximate surface area is 392 Å². The molecule has 2 fully saturated rings. The predicted octanol–water partition coefficient (Wildman–Crippen LogP) is 14.0. The molecule has 4 nitrogen and oxygen atoms in total. The molecule has 0 bridgehead atoms. The van der Waals surface area contributed by atoms with E-state index in [9.17, 15) is 0 Å². The Morgan fingerprint density at radius 3 is 0.984 bits per heavy atom. The van der Waals surface area contributed by atoms with Gasteiger partial charge in [0.2, 0.25) is 0 Å². The van der Waals surface area contributed by atoms with Gasteiger partial charge in [0.25, 0.3) is 0 Å². The fourth-order valence-corrected chi connectivity index (χ4v) is 20.9. The number of rotatable bonds is 8. The van der Waals surface area contributed by atoms with Crippen molar-refractivity contribution in [1.29, 1.82) is 0 Å². The molecule has 2 heterocycles. The summed E-state index contributed by atoms with van der Waals surface area (Å²) in [5.74, 6) is 22.1. The molecule has 0 atom stereocenters. The largest absolute Gasteiger partial charge is 0.348 e. The molecule has 2 aromatic rings. The minimum Gasteiger partial charge on any atom is -0.348 e. The molecule has 0 radical (unpaired) electrons. The van der Waals surface area contributed by atoms with E-state index in [0.717, 1.165) is 57.4 Å². The third-order valence-corrected chi connectivity index (χ3v) is 26.8. The summed E-state index contributed by atoms with van der Waals surface area (Å²) < 4.78 is 25.3. The topological polar surface area (TPSA) is 36.9 Å². The zero-order valence-electron chi connectivity index (χ0n) is 43.0. The molecule has 3 aliphatic rings. The van der Waals surface area contributed by atoms with Gasteiger partial charge in [-0.2, -0.15) is 0 Å². The molecule has 344 valence electrons. The van der Waals surface area contributed by atoms with Crippen molar-refractivity contribution in [2.24, 2.45) is 0 Å². The van der Waals surface area contributed by atoms with Crippen molar-refractivity contribution in [3.05, 3.63) is 92.1 Å². The Bertz CT molecular complexity index is 2110. The summed E-state index contributed by atoms with van der Waals surface area (Å²) in [6.07, 6.45) is 0.509. The van der Waals surface area contributed by atoms with Crippen LogP contribution in [-0.4, -0.2) is 55.2 Å². The molecular formula is C58H80O4Si2. The summed E-state index contributed by atoms with van der Waals surface area (Å²) in [4.78, 5) is 0. The van der Waals surface area contributed by atoms with Crippen LogP contribution in [0.25, 0.3) is 0 Å². The first-order valence-corrected chi connectivity index (χ1v) is 28.8. The van der Waals surface area contributed by atoms with Crippen LogP contribution < -0.4 is 0 Å². The van der Waals surface area contributed by atoms with Crippen molar-refractivity contribution >= 4 is 16.1 Å². The zero-order chi connectivity index (χ0) is 47.4. The Morgan fingerprint density at radius 2 is 0.719 bits per heavy atom. The molecule has 2 aliphatic heterocycles. The van der Waals surface area contributed by atoms with Crippen molar-refractivity contribution in [2.45, 2.75) is 194 Å². The number of hydrogen-bond donors (Lipinski definition) is 0. The minimum absolute atomic E-state index is 0.0405. The summed E-state index contributed by atoms with van der Waals surface area (Å²) >= 11 is 0. The fourth-order valence-electron chi connectivity index (χ4n) is 10.5. The maximum atomic E-state index is 6.33. The van der Waals surface area contributed by atoms with E-state index in [-0.39, 0.29) is 10.8 Å². The first-order chi connectivity index (χ1) is 30.0. The highest BCUT2D eigenvalue weighted by Crippen LogP contribution is 2.44. The molecule has 2 saturated heterocycles. The molecule has 0 saturated carbocycles. The third kappa shape index (κ3) is 11.0. The predicted molar refractivity (Wildman–Crippen MR) is 275 cm³/mol. The van der Waals surface area contributed by atoms with Crippen molar-refractivity contribution < 1.29 is 18.9 Å². The Balaban J connectivity index is 1.78. The van der Waals surface area contributed by atoms with E-state index in [1.165, 1.54) is 11.1 Å². The average Bonchev–Trinajstić information content (AvgIpc) is 3.20. The van der Waals surface area contributed by atoms with Crippen LogP contribution in [0.3, 0.4) is 0 Å². The van der Waals surface area contributed by atoms with Crippen molar-refractivity contribution in [2.75, 3.05) is 26.4 Å². The van der Waals surface area contributed by atoms with E-state index < -0.39 is 28.7 Å². The van der Waals surface area contributed by atoms with Gasteiger partial charge in [0.1, 0.15) is 16.1 Å². The first-order valence-electron chi connectivity index (χ1n) is 24.3. The van der Waals surface area contributed by atoms with Gasteiger partial charge in [0.15, 0.2) is 12.6 Å². The molecule has 0 unspecified atom stereocenters. The van der Waals surface area contributed by atoms with Crippen LogP contribution in [0.2, 0.25) is 33.2 Å². The zero-order valence-corrected chi connectivity index (χ0v) is 45.0. The summed E-state index contributed by atoms with van der Waals surface area (Å²) in [5, 5.41) is 0. The molecule has 2 aromatic carbocycles. The van der Waals surface area contributed by atoms with Gasteiger partial charge in [-0.1, -0.05) is 172 Å². The Hall–Kier alpha value is -3.57. The molecule has 0 N–H and O–H groups in total. The number of benzene rings is 2. The molecule has 0 spiro atoms. The Morgan fingerprint density at radius 1 is 0.422 bits per heavy atom. The van der Waals surface area contributed by atoms with E-state index in [1.807, 2.05) is 0 Å². The van der Waals surface area contributed by atoms with Gasteiger partial charge in [-0.15, -0.1) is 11.1 Å². The van der Waals surface area contributed by atoms with E-state index in [4.69, 9.17) is 18.9 Å². The molecule has 6 heteroatoms. The lowest BCUT2D eigenvalue weighted by molar-refractivity contribution is -0.169. The molecule has 64 heavy (non-hydrogen) atoms. The van der Waals surface area contributed by atoms with E-state index >= 15 is 0 Å². The summed E-state index contributed by atoms with van der Waals surface area (Å²) in [5.41, 5.74) is 20.7. The lowest BCUT2D eigenvalue weighted by Crippen LogP contribution is -2.43. The van der Waals surface area contributed by atoms with Gasteiger partial charge in [-0.25, -0.2) is 0 Å². The second-order valence-corrected chi connectivity index (χ2v) is 33.4. The maximum absolute atomic E-state index is 6.33. The molecular weight excluding hydrogens is 817 g/mol. The van der Waals surface area contributed by atoms with Crippen molar-refractivity contribution in [1.82, 2.24) is 0 Å². The average molecular weight is 897 g/mol. The fraction of sp³-hybridized carbons (Fsp3) is 0.586. The van der Waals surface area contributed by atoms with E-state index in [0.29, 0.717) is 59.7 Å². The van der Waals surface area contributed by atoms with Gasteiger partial charge in [-0.05, 0) is 92.3 Å².